The molecule has 0 amide bonds. The fourth-order valence-electron chi connectivity index (χ4n) is 3.05. The molecule has 3 heterocycles. The molecule has 0 bridgehead atoms. The summed E-state index contributed by atoms with van der Waals surface area (Å²) in [4.78, 5) is 41.7. The Morgan fingerprint density at radius 2 is 1.82 bits per heavy atom. The maximum absolute atomic E-state index is 12.7. The average molecular weight is 315 g/mol. The van der Waals surface area contributed by atoms with Crippen molar-refractivity contribution in [3.8, 4) is 0 Å². The van der Waals surface area contributed by atoms with Crippen LogP contribution in [0.5, 0.6) is 0 Å². The minimum Gasteiger partial charge on any atom is -0.355 e. The topological polar surface area (TPSA) is 83.1 Å². The van der Waals surface area contributed by atoms with Gasteiger partial charge in [-0.2, -0.15) is 4.37 Å². The maximum atomic E-state index is 12.7. The number of anilines is 1. The Kier molecular flexibility index (Phi) is 2.97. The molecule has 1 aliphatic carbocycles. The minimum atomic E-state index is -0.383. The van der Waals surface area contributed by atoms with Gasteiger partial charge in [-0.25, -0.2) is 0 Å². The van der Waals surface area contributed by atoms with E-state index < -0.39 is 0 Å². The number of nitrogens with one attached hydrogen (secondary N) is 1. The van der Waals surface area contributed by atoms with Crippen molar-refractivity contribution < 1.29 is 9.59 Å². The number of hydrogen-bond donors (Lipinski definition) is 1. The number of carbonyl (C=O) groups excluding carboxylic acids is 2. The number of piperidine rings is 1. The lowest BCUT2D eigenvalue weighted by Gasteiger charge is -2.28. The smallest absolute Gasteiger partial charge is 0.248 e. The molecule has 7 heteroatoms. The molecule has 0 radical (unpaired) electrons. The Labute approximate surface area is 129 Å². The van der Waals surface area contributed by atoms with Crippen LogP contribution in [0, 0.1) is 0 Å². The van der Waals surface area contributed by atoms with Gasteiger partial charge in [-0.3, -0.25) is 14.4 Å². The summed E-state index contributed by atoms with van der Waals surface area (Å²) in [6.45, 7) is 1.69. The molecule has 2 aromatic heterocycles. The molecule has 1 N–H and O–H groups in total. The summed E-state index contributed by atoms with van der Waals surface area (Å²) in [7, 11) is 0. The second kappa shape index (κ2) is 4.88. The van der Waals surface area contributed by atoms with E-state index in [1.807, 2.05) is 0 Å². The van der Waals surface area contributed by atoms with Crippen molar-refractivity contribution in [2.45, 2.75) is 19.3 Å². The van der Waals surface area contributed by atoms with E-state index in [1.165, 1.54) is 18.6 Å². The summed E-state index contributed by atoms with van der Waals surface area (Å²) in [6, 6.07) is 2.68. The number of nitrogens with zero attached hydrogens (tertiary/aromatic N) is 2. The lowest BCUT2D eigenvalue weighted by Crippen LogP contribution is -2.32. The summed E-state index contributed by atoms with van der Waals surface area (Å²) >= 11 is 1.07. The molecule has 112 valence electrons. The molecule has 1 aliphatic heterocycles. The number of hydrogen-bond acceptors (Lipinski definition) is 6. The summed E-state index contributed by atoms with van der Waals surface area (Å²) in [6.07, 6.45) is 3.29. The summed E-state index contributed by atoms with van der Waals surface area (Å²) in [5.41, 5.74) is 0.312. The highest BCUT2D eigenvalue weighted by Crippen LogP contribution is 2.35. The van der Waals surface area contributed by atoms with Gasteiger partial charge in [-0.05, 0) is 36.9 Å². The Hall–Kier alpha value is -2.28. The fraction of sp³-hybridized carbons (Fsp3) is 0.333. The third-order valence-electron chi connectivity index (χ3n) is 4.15. The molecule has 0 aromatic carbocycles. The quantitative estimate of drug-likeness (QED) is 0.737. The van der Waals surface area contributed by atoms with Crippen LogP contribution in [0.3, 0.4) is 0 Å². The molecular weight excluding hydrogens is 302 g/mol. The van der Waals surface area contributed by atoms with Gasteiger partial charge in [-0.1, -0.05) is 0 Å². The third-order valence-corrected chi connectivity index (χ3v) is 4.99. The molecule has 2 aromatic rings. The zero-order chi connectivity index (χ0) is 15.3. The number of fused-ring (bicyclic) bond motifs is 2. The number of carbonyl (C=O) groups is 2. The van der Waals surface area contributed by atoms with E-state index in [0.717, 1.165) is 37.5 Å². The van der Waals surface area contributed by atoms with Crippen molar-refractivity contribution in [3.05, 3.63) is 44.2 Å². The van der Waals surface area contributed by atoms with Crippen molar-refractivity contribution in [1.29, 1.82) is 0 Å². The minimum absolute atomic E-state index is 0.0865. The Bertz CT molecular complexity index is 846. The first kappa shape index (κ1) is 13.4. The fourth-order valence-corrected chi connectivity index (χ4v) is 3.91. The third kappa shape index (κ3) is 1.85. The van der Waals surface area contributed by atoms with E-state index >= 15 is 0 Å². The van der Waals surface area contributed by atoms with E-state index in [4.69, 9.17) is 0 Å². The molecule has 4 rings (SSSR count). The highest BCUT2D eigenvalue weighted by atomic mass is 32.1. The zero-order valence-corrected chi connectivity index (χ0v) is 12.5. The molecule has 1 saturated heterocycles. The maximum Gasteiger partial charge on any atom is 0.248 e. The SMILES string of the molecule is O=C1c2ccc(=O)[nH]c2C(=O)c2c(N3CCCCC3)nsc21. The van der Waals surface area contributed by atoms with Gasteiger partial charge in [0.2, 0.25) is 17.1 Å². The number of aromatic amines is 1. The van der Waals surface area contributed by atoms with Crippen LogP contribution in [-0.2, 0) is 0 Å². The predicted molar refractivity (Wildman–Crippen MR) is 82.1 cm³/mol. The predicted octanol–water partition coefficient (Wildman–Crippen LogP) is 1.60. The van der Waals surface area contributed by atoms with Gasteiger partial charge in [0.25, 0.3) is 0 Å². The van der Waals surface area contributed by atoms with Crippen LogP contribution in [0.2, 0.25) is 0 Å². The van der Waals surface area contributed by atoms with Crippen molar-refractivity contribution in [2.24, 2.45) is 0 Å². The largest absolute Gasteiger partial charge is 0.355 e. The van der Waals surface area contributed by atoms with Gasteiger partial charge < -0.3 is 9.88 Å². The number of H-pyrrole nitrogens is 1. The van der Waals surface area contributed by atoms with Crippen LogP contribution in [0.25, 0.3) is 0 Å². The van der Waals surface area contributed by atoms with Crippen LogP contribution in [0.15, 0.2) is 16.9 Å². The molecule has 0 saturated carbocycles. The number of pyridine rings is 1. The lowest BCUT2D eigenvalue weighted by atomic mass is 9.92. The zero-order valence-electron chi connectivity index (χ0n) is 11.7. The monoisotopic (exact) mass is 315 g/mol. The molecule has 1 fully saturated rings. The van der Waals surface area contributed by atoms with Crippen LogP contribution < -0.4 is 10.5 Å². The summed E-state index contributed by atoms with van der Waals surface area (Å²) < 4.78 is 4.36. The van der Waals surface area contributed by atoms with Gasteiger partial charge in [0.15, 0.2) is 5.82 Å². The van der Waals surface area contributed by atoms with Crippen molar-refractivity contribution in [2.75, 3.05) is 18.0 Å². The molecular formula is C15H13N3O3S. The molecule has 22 heavy (non-hydrogen) atoms. The van der Waals surface area contributed by atoms with Crippen LogP contribution >= 0.6 is 11.5 Å². The van der Waals surface area contributed by atoms with Crippen molar-refractivity contribution >= 4 is 28.9 Å². The standard InChI is InChI=1S/C15H13N3O3S/c19-9-5-4-8-11(16-9)13(21)10-14(12(8)20)22-17-15(10)18-6-2-1-3-7-18/h4-5H,1-3,6-7H2,(H,16,19). The summed E-state index contributed by atoms with van der Waals surface area (Å²) in [5.74, 6) is 0.0478. The van der Waals surface area contributed by atoms with Crippen molar-refractivity contribution in [3.63, 3.8) is 0 Å². The van der Waals surface area contributed by atoms with E-state index in [9.17, 15) is 14.4 Å². The summed E-state index contributed by atoms with van der Waals surface area (Å²) in [5, 5.41) is 0. The van der Waals surface area contributed by atoms with Gasteiger partial charge in [0, 0.05) is 19.2 Å². The van der Waals surface area contributed by atoms with Gasteiger partial charge in [0.1, 0.15) is 10.6 Å². The second-order valence-corrected chi connectivity index (χ2v) is 6.30. The van der Waals surface area contributed by atoms with Crippen molar-refractivity contribution in [1.82, 2.24) is 9.36 Å². The van der Waals surface area contributed by atoms with Crippen LogP contribution in [0.1, 0.15) is 50.5 Å². The van der Waals surface area contributed by atoms with Crippen LogP contribution in [0.4, 0.5) is 5.82 Å². The molecule has 0 spiro atoms. The van der Waals surface area contributed by atoms with E-state index in [2.05, 4.69) is 14.3 Å². The lowest BCUT2D eigenvalue weighted by molar-refractivity contribution is 0.0978. The molecule has 2 aliphatic rings. The van der Waals surface area contributed by atoms with Gasteiger partial charge in [0.05, 0.1) is 11.1 Å². The Morgan fingerprint density at radius 1 is 1.05 bits per heavy atom. The number of ketones is 2. The number of rotatable bonds is 1. The van der Waals surface area contributed by atoms with Gasteiger partial charge in [-0.15, -0.1) is 0 Å². The van der Waals surface area contributed by atoms with E-state index in [-0.39, 0.29) is 28.4 Å². The molecule has 6 nitrogen and oxygen atoms in total. The van der Waals surface area contributed by atoms with Gasteiger partial charge >= 0.3 is 0 Å². The Morgan fingerprint density at radius 3 is 2.59 bits per heavy atom. The number of aromatic nitrogens is 2. The average Bonchev–Trinajstić information content (AvgIpc) is 2.99. The van der Waals surface area contributed by atoms with Crippen LogP contribution in [-0.4, -0.2) is 34.0 Å². The first-order valence-corrected chi connectivity index (χ1v) is 8.01. The van der Waals surface area contributed by atoms with E-state index in [1.54, 1.807) is 0 Å². The highest BCUT2D eigenvalue weighted by Gasteiger charge is 2.37. The normalized spacial score (nSPS) is 17.4. The van der Waals surface area contributed by atoms with E-state index in [0.29, 0.717) is 16.3 Å². The second-order valence-electron chi connectivity index (χ2n) is 5.53. The highest BCUT2D eigenvalue weighted by molar-refractivity contribution is 7.09. The Balaban J connectivity index is 1.87. The molecule has 0 unspecified atom stereocenters. The first-order valence-electron chi connectivity index (χ1n) is 7.24. The molecule has 0 atom stereocenters. The first-order chi connectivity index (χ1) is 10.7.